The van der Waals surface area contributed by atoms with Gasteiger partial charge in [-0.3, -0.25) is 5.32 Å². The number of hydrogen-bond donors (Lipinski definition) is 1. The lowest BCUT2D eigenvalue weighted by Crippen LogP contribution is -2.18. The second kappa shape index (κ2) is 7.36. The predicted molar refractivity (Wildman–Crippen MR) is 96.4 cm³/mol. The van der Waals surface area contributed by atoms with Crippen molar-refractivity contribution in [2.45, 2.75) is 13.0 Å². The molecular weight excluding hydrogens is 340 g/mol. The van der Waals surface area contributed by atoms with Crippen LogP contribution in [-0.2, 0) is 11.8 Å². The molecule has 1 N–H and O–H groups in total. The third-order valence-corrected chi connectivity index (χ3v) is 3.97. The van der Waals surface area contributed by atoms with Gasteiger partial charge in [0.05, 0.1) is 0 Å². The number of aryl methyl sites for hydroxylation is 1. The van der Waals surface area contributed by atoms with Crippen molar-refractivity contribution in [3.8, 4) is 11.3 Å². The van der Waals surface area contributed by atoms with E-state index in [9.17, 15) is 4.79 Å². The van der Waals surface area contributed by atoms with Gasteiger partial charge in [0.2, 0.25) is 0 Å². The van der Waals surface area contributed by atoms with Crippen molar-refractivity contribution in [2.75, 3.05) is 5.32 Å². The number of aromatic nitrogens is 3. The van der Waals surface area contributed by atoms with E-state index in [0.717, 1.165) is 11.1 Å². The topological polar surface area (TPSA) is 69.0 Å². The number of amides is 1. The number of nitrogens with zero attached hydrogens (tertiary/aromatic N) is 3. The molecule has 128 valence electrons. The van der Waals surface area contributed by atoms with Crippen LogP contribution < -0.4 is 5.32 Å². The van der Waals surface area contributed by atoms with Crippen molar-refractivity contribution in [2.24, 2.45) is 7.05 Å². The SMILES string of the molecule is CC(OC(=O)Nc1c(-c2ccc(Cl)cc2)nnn1C)c1ccccc1. The van der Waals surface area contributed by atoms with Crippen molar-refractivity contribution in [1.29, 1.82) is 0 Å². The molecule has 1 heterocycles. The molecule has 3 rings (SSSR count). The van der Waals surface area contributed by atoms with Crippen LogP contribution >= 0.6 is 11.6 Å². The van der Waals surface area contributed by atoms with Crippen molar-refractivity contribution in [3.05, 3.63) is 65.2 Å². The second-order valence-electron chi connectivity index (χ2n) is 5.50. The molecule has 1 aromatic heterocycles. The Morgan fingerprint density at radius 2 is 1.84 bits per heavy atom. The minimum atomic E-state index is -0.572. The van der Waals surface area contributed by atoms with Gasteiger partial charge in [-0.1, -0.05) is 59.3 Å². The third-order valence-electron chi connectivity index (χ3n) is 3.72. The van der Waals surface area contributed by atoms with Gasteiger partial charge < -0.3 is 4.74 Å². The van der Waals surface area contributed by atoms with Crippen LogP contribution in [0.4, 0.5) is 10.6 Å². The average molecular weight is 357 g/mol. The summed E-state index contributed by atoms with van der Waals surface area (Å²) in [6.45, 7) is 1.82. The summed E-state index contributed by atoms with van der Waals surface area (Å²) in [4.78, 5) is 12.3. The zero-order chi connectivity index (χ0) is 17.8. The molecule has 2 aromatic carbocycles. The van der Waals surface area contributed by atoms with E-state index < -0.39 is 6.09 Å². The summed E-state index contributed by atoms with van der Waals surface area (Å²) in [5.74, 6) is 0.451. The lowest BCUT2D eigenvalue weighted by molar-refractivity contribution is 0.121. The first-order chi connectivity index (χ1) is 12.0. The number of halogens is 1. The molecule has 0 bridgehead atoms. The van der Waals surface area contributed by atoms with Gasteiger partial charge in [0.1, 0.15) is 11.8 Å². The second-order valence-corrected chi connectivity index (χ2v) is 5.94. The Balaban J connectivity index is 1.75. The molecule has 0 radical (unpaired) electrons. The quantitative estimate of drug-likeness (QED) is 0.750. The number of rotatable bonds is 4. The van der Waals surface area contributed by atoms with E-state index in [-0.39, 0.29) is 6.10 Å². The Morgan fingerprint density at radius 1 is 1.16 bits per heavy atom. The van der Waals surface area contributed by atoms with Crippen LogP contribution in [0.15, 0.2) is 54.6 Å². The Kier molecular flexibility index (Phi) is 5.00. The van der Waals surface area contributed by atoms with E-state index in [4.69, 9.17) is 16.3 Å². The largest absolute Gasteiger partial charge is 0.441 e. The first-order valence-corrected chi connectivity index (χ1v) is 8.10. The Labute approximate surface area is 150 Å². The van der Waals surface area contributed by atoms with Gasteiger partial charge in [-0.05, 0) is 24.6 Å². The van der Waals surface area contributed by atoms with Crippen molar-refractivity contribution in [3.63, 3.8) is 0 Å². The molecule has 0 fully saturated rings. The monoisotopic (exact) mass is 356 g/mol. The standard InChI is InChI=1S/C18H17ClN4O2/c1-12(13-6-4-3-5-7-13)25-18(24)20-17-16(21-22-23(17)2)14-8-10-15(19)11-9-14/h3-12H,1-2H3,(H,20,24). The molecule has 0 aliphatic heterocycles. The summed E-state index contributed by atoms with van der Waals surface area (Å²) in [5.41, 5.74) is 2.26. The number of nitrogens with one attached hydrogen (secondary N) is 1. The van der Waals surface area contributed by atoms with E-state index >= 15 is 0 Å². The van der Waals surface area contributed by atoms with Crippen LogP contribution in [0.5, 0.6) is 0 Å². The molecular formula is C18H17ClN4O2. The highest BCUT2D eigenvalue weighted by atomic mass is 35.5. The number of hydrogen-bond acceptors (Lipinski definition) is 4. The zero-order valence-electron chi connectivity index (χ0n) is 13.8. The molecule has 0 spiro atoms. The van der Waals surface area contributed by atoms with E-state index in [2.05, 4.69) is 15.6 Å². The van der Waals surface area contributed by atoms with Crippen LogP contribution in [0.2, 0.25) is 5.02 Å². The number of carbonyl (C=O) groups is 1. The summed E-state index contributed by atoms with van der Waals surface area (Å²) in [5, 5.41) is 11.4. The van der Waals surface area contributed by atoms with Crippen LogP contribution in [0.1, 0.15) is 18.6 Å². The van der Waals surface area contributed by atoms with Gasteiger partial charge in [0, 0.05) is 17.6 Å². The highest BCUT2D eigenvalue weighted by Crippen LogP contribution is 2.27. The maximum Gasteiger partial charge on any atom is 0.413 e. The fourth-order valence-corrected chi connectivity index (χ4v) is 2.50. The summed E-state index contributed by atoms with van der Waals surface area (Å²) >= 11 is 5.91. The molecule has 3 aromatic rings. The fraction of sp³-hybridized carbons (Fsp3) is 0.167. The van der Waals surface area contributed by atoms with Gasteiger partial charge in [-0.2, -0.15) is 0 Å². The van der Waals surface area contributed by atoms with E-state index in [0.29, 0.717) is 16.5 Å². The van der Waals surface area contributed by atoms with Gasteiger partial charge in [0.25, 0.3) is 0 Å². The average Bonchev–Trinajstić information content (AvgIpc) is 2.97. The highest BCUT2D eigenvalue weighted by Gasteiger charge is 2.18. The van der Waals surface area contributed by atoms with Gasteiger partial charge >= 0.3 is 6.09 Å². The zero-order valence-corrected chi connectivity index (χ0v) is 14.6. The van der Waals surface area contributed by atoms with E-state index in [1.165, 1.54) is 4.68 Å². The normalized spacial score (nSPS) is 11.8. The van der Waals surface area contributed by atoms with Crippen molar-refractivity contribution in [1.82, 2.24) is 15.0 Å². The molecule has 0 saturated heterocycles. The van der Waals surface area contributed by atoms with Gasteiger partial charge in [-0.15, -0.1) is 5.10 Å². The summed E-state index contributed by atoms with van der Waals surface area (Å²) in [6, 6.07) is 16.7. The van der Waals surface area contributed by atoms with E-state index in [1.54, 1.807) is 19.2 Å². The Morgan fingerprint density at radius 3 is 2.52 bits per heavy atom. The summed E-state index contributed by atoms with van der Waals surface area (Å²) in [6.07, 6.45) is -0.946. The number of anilines is 1. The first kappa shape index (κ1) is 17.0. The van der Waals surface area contributed by atoms with Crippen LogP contribution in [0, 0.1) is 0 Å². The fourth-order valence-electron chi connectivity index (χ4n) is 2.38. The molecule has 6 nitrogen and oxygen atoms in total. The minimum absolute atomic E-state index is 0.374. The number of carbonyl (C=O) groups excluding carboxylic acids is 1. The van der Waals surface area contributed by atoms with Crippen LogP contribution in [-0.4, -0.2) is 21.1 Å². The number of ether oxygens (including phenoxy) is 1. The van der Waals surface area contributed by atoms with Crippen LogP contribution in [0.3, 0.4) is 0 Å². The van der Waals surface area contributed by atoms with Gasteiger partial charge in [-0.25, -0.2) is 9.48 Å². The lowest BCUT2D eigenvalue weighted by Gasteiger charge is -2.14. The molecule has 7 heteroatoms. The molecule has 1 unspecified atom stereocenters. The predicted octanol–water partition coefficient (Wildman–Crippen LogP) is 4.45. The lowest BCUT2D eigenvalue weighted by atomic mass is 10.1. The molecule has 0 saturated carbocycles. The summed E-state index contributed by atoms with van der Waals surface area (Å²) in [7, 11) is 1.70. The maximum absolute atomic E-state index is 12.3. The number of benzene rings is 2. The minimum Gasteiger partial charge on any atom is -0.441 e. The van der Waals surface area contributed by atoms with E-state index in [1.807, 2.05) is 49.4 Å². The molecule has 1 atom stereocenters. The highest BCUT2D eigenvalue weighted by molar-refractivity contribution is 6.30. The molecule has 25 heavy (non-hydrogen) atoms. The van der Waals surface area contributed by atoms with Crippen LogP contribution in [0.25, 0.3) is 11.3 Å². The Hall–Kier alpha value is -2.86. The first-order valence-electron chi connectivity index (χ1n) is 7.73. The maximum atomic E-state index is 12.3. The van der Waals surface area contributed by atoms with Crippen molar-refractivity contribution >= 4 is 23.5 Å². The van der Waals surface area contributed by atoms with Crippen molar-refractivity contribution < 1.29 is 9.53 Å². The molecule has 1 amide bonds. The summed E-state index contributed by atoms with van der Waals surface area (Å²) < 4.78 is 6.92. The smallest absolute Gasteiger partial charge is 0.413 e. The molecule has 0 aliphatic rings. The Bertz CT molecular complexity index is 863. The molecule has 0 aliphatic carbocycles. The third kappa shape index (κ3) is 3.97. The van der Waals surface area contributed by atoms with Gasteiger partial charge in [0.15, 0.2) is 5.82 Å².